The molecule has 1 N–H and O–H groups in total. The third-order valence-electron chi connectivity index (χ3n) is 3.56. The molecule has 2 rings (SSSR count). The second kappa shape index (κ2) is 6.82. The summed E-state index contributed by atoms with van der Waals surface area (Å²) in [4.78, 5) is 12.6. The number of rotatable bonds is 6. The molecule has 0 aromatic carbocycles. The van der Waals surface area contributed by atoms with Crippen molar-refractivity contribution in [1.29, 1.82) is 0 Å². The van der Waals surface area contributed by atoms with E-state index in [2.05, 4.69) is 17.1 Å². The Kier molecular flexibility index (Phi) is 5.08. The van der Waals surface area contributed by atoms with Gasteiger partial charge in [-0.1, -0.05) is 6.92 Å². The third kappa shape index (κ3) is 3.14. The number of nitrogens with zero attached hydrogens (tertiary/aromatic N) is 3. The van der Waals surface area contributed by atoms with Gasteiger partial charge in [0.2, 0.25) is 0 Å². The highest BCUT2D eigenvalue weighted by Gasteiger charge is 2.15. The molecule has 0 aliphatic heterocycles. The fourth-order valence-electron chi connectivity index (χ4n) is 2.14. The lowest BCUT2D eigenvalue weighted by Gasteiger charge is -2.14. The van der Waals surface area contributed by atoms with E-state index in [-0.39, 0.29) is 11.6 Å². The van der Waals surface area contributed by atoms with Gasteiger partial charge in [-0.3, -0.25) is 14.5 Å². The van der Waals surface area contributed by atoms with Crippen LogP contribution < -0.4 is 5.56 Å². The monoisotopic (exact) mass is 308 g/mol. The molecule has 2 aromatic heterocycles. The summed E-state index contributed by atoms with van der Waals surface area (Å²) in [7, 11) is 1.63. The summed E-state index contributed by atoms with van der Waals surface area (Å²) in [6.07, 6.45) is 2.70. The van der Waals surface area contributed by atoms with E-state index in [4.69, 9.17) is 17.0 Å². The van der Waals surface area contributed by atoms with Crippen LogP contribution >= 0.6 is 12.2 Å². The van der Waals surface area contributed by atoms with Gasteiger partial charge in [0.25, 0.3) is 5.56 Å². The SMILES string of the molecule is CCC(C)n1cccc(-c2n[nH]c(=S)n2CCOC)c1=O. The number of hydrogen-bond donors (Lipinski definition) is 1. The Morgan fingerprint density at radius 3 is 2.95 bits per heavy atom. The van der Waals surface area contributed by atoms with Crippen molar-refractivity contribution in [2.75, 3.05) is 13.7 Å². The molecule has 2 aromatic rings. The van der Waals surface area contributed by atoms with Gasteiger partial charge >= 0.3 is 0 Å². The summed E-state index contributed by atoms with van der Waals surface area (Å²) in [6, 6.07) is 3.78. The van der Waals surface area contributed by atoms with E-state index in [9.17, 15) is 4.79 Å². The minimum atomic E-state index is -0.0560. The Bertz CT molecular complexity index is 716. The van der Waals surface area contributed by atoms with Crippen molar-refractivity contribution in [3.05, 3.63) is 33.5 Å². The Balaban J connectivity index is 2.53. The normalized spacial score (nSPS) is 12.5. The molecule has 0 radical (unpaired) electrons. The van der Waals surface area contributed by atoms with E-state index in [1.165, 1.54) is 0 Å². The quantitative estimate of drug-likeness (QED) is 0.832. The fourth-order valence-corrected chi connectivity index (χ4v) is 2.36. The van der Waals surface area contributed by atoms with E-state index in [0.717, 1.165) is 6.42 Å². The predicted molar refractivity (Wildman–Crippen MR) is 84.0 cm³/mol. The molecule has 21 heavy (non-hydrogen) atoms. The molecule has 6 nitrogen and oxygen atoms in total. The molecule has 7 heteroatoms. The number of ether oxygens (including phenoxy) is 1. The minimum Gasteiger partial charge on any atom is -0.383 e. The van der Waals surface area contributed by atoms with Gasteiger partial charge in [-0.15, -0.1) is 0 Å². The van der Waals surface area contributed by atoms with Crippen LogP contribution in [0.5, 0.6) is 0 Å². The predicted octanol–water partition coefficient (Wildman–Crippen LogP) is 2.39. The Morgan fingerprint density at radius 1 is 1.52 bits per heavy atom. The van der Waals surface area contributed by atoms with Crippen molar-refractivity contribution in [3.63, 3.8) is 0 Å². The molecule has 1 atom stereocenters. The minimum absolute atomic E-state index is 0.0560. The van der Waals surface area contributed by atoms with E-state index in [1.54, 1.807) is 28.5 Å². The van der Waals surface area contributed by atoms with Crippen LogP contribution in [0.3, 0.4) is 0 Å². The highest BCUT2D eigenvalue weighted by atomic mass is 32.1. The summed E-state index contributed by atoms with van der Waals surface area (Å²) in [5.74, 6) is 0.555. The number of hydrogen-bond acceptors (Lipinski definition) is 4. The van der Waals surface area contributed by atoms with Crippen molar-refractivity contribution < 1.29 is 4.74 Å². The zero-order chi connectivity index (χ0) is 15.4. The van der Waals surface area contributed by atoms with Crippen molar-refractivity contribution in [2.24, 2.45) is 0 Å². The molecular formula is C14H20N4O2S. The molecule has 0 saturated carbocycles. The molecular weight excluding hydrogens is 288 g/mol. The van der Waals surface area contributed by atoms with Crippen molar-refractivity contribution in [2.45, 2.75) is 32.9 Å². The smallest absolute Gasteiger partial charge is 0.261 e. The largest absolute Gasteiger partial charge is 0.383 e. The standard InChI is InChI=1S/C14H20N4O2S/c1-4-10(2)17-7-5-6-11(13(17)19)12-15-16-14(21)18(12)8-9-20-3/h5-7,10H,4,8-9H2,1-3H3,(H,16,21). The maximum atomic E-state index is 12.6. The van der Waals surface area contributed by atoms with Crippen LogP contribution in [0.1, 0.15) is 26.3 Å². The Morgan fingerprint density at radius 2 is 2.29 bits per heavy atom. The van der Waals surface area contributed by atoms with Gasteiger partial charge in [-0.05, 0) is 37.7 Å². The van der Waals surface area contributed by atoms with E-state index in [1.807, 2.05) is 13.0 Å². The number of nitrogens with one attached hydrogen (secondary N) is 1. The van der Waals surface area contributed by atoms with Gasteiger partial charge in [0.15, 0.2) is 10.6 Å². The molecule has 2 heterocycles. The highest BCUT2D eigenvalue weighted by molar-refractivity contribution is 7.71. The number of aromatic amines is 1. The van der Waals surface area contributed by atoms with E-state index in [0.29, 0.717) is 29.3 Å². The summed E-state index contributed by atoms with van der Waals surface area (Å²) in [5.41, 5.74) is 0.487. The second-order valence-electron chi connectivity index (χ2n) is 4.89. The Labute approximate surface area is 128 Å². The number of pyridine rings is 1. The van der Waals surface area contributed by atoms with Gasteiger partial charge in [0.1, 0.15) is 0 Å². The van der Waals surface area contributed by atoms with Crippen LogP contribution in [0.4, 0.5) is 0 Å². The van der Waals surface area contributed by atoms with Gasteiger partial charge in [0.05, 0.1) is 18.7 Å². The maximum Gasteiger partial charge on any atom is 0.261 e. The maximum absolute atomic E-state index is 12.6. The zero-order valence-electron chi connectivity index (χ0n) is 12.5. The zero-order valence-corrected chi connectivity index (χ0v) is 13.3. The first-order chi connectivity index (χ1) is 10.1. The van der Waals surface area contributed by atoms with Gasteiger partial charge in [-0.2, -0.15) is 5.10 Å². The van der Waals surface area contributed by atoms with Crippen LogP contribution in [0, 0.1) is 4.77 Å². The number of aromatic nitrogens is 4. The number of H-pyrrole nitrogens is 1. The lowest BCUT2D eigenvalue weighted by atomic mass is 10.2. The molecule has 0 spiro atoms. The van der Waals surface area contributed by atoms with Crippen LogP contribution in [-0.4, -0.2) is 33.0 Å². The van der Waals surface area contributed by atoms with Crippen LogP contribution in [0.15, 0.2) is 23.1 Å². The van der Waals surface area contributed by atoms with Crippen LogP contribution in [0.25, 0.3) is 11.4 Å². The molecule has 0 aliphatic rings. The van der Waals surface area contributed by atoms with E-state index >= 15 is 0 Å². The van der Waals surface area contributed by atoms with Gasteiger partial charge in [0, 0.05) is 19.3 Å². The van der Waals surface area contributed by atoms with Gasteiger partial charge in [-0.25, -0.2) is 0 Å². The molecule has 0 bridgehead atoms. The van der Waals surface area contributed by atoms with Crippen molar-refractivity contribution >= 4 is 12.2 Å². The molecule has 1 unspecified atom stereocenters. The summed E-state index contributed by atoms with van der Waals surface area (Å²) < 4.78 is 9.08. The molecule has 0 aliphatic carbocycles. The summed E-state index contributed by atoms with van der Waals surface area (Å²) in [5, 5.41) is 6.95. The first-order valence-corrected chi connectivity index (χ1v) is 7.36. The van der Waals surface area contributed by atoms with Crippen LogP contribution in [-0.2, 0) is 11.3 Å². The first-order valence-electron chi connectivity index (χ1n) is 6.95. The third-order valence-corrected chi connectivity index (χ3v) is 3.87. The summed E-state index contributed by atoms with van der Waals surface area (Å²) in [6.45, 7) is 5.14. The lowest BCUT2D eigenvalue weighted by molar-refractivity contribution is 0.187. The van der Waals surface area contributed by atoms with E-state index < -0.39 is 0 Å². The lowest BCUT2D eigenvalue weighted by Crippen LogP contribution is -2.24. The fraction of sp³-hybridized carbons (Fsp3) is 0.500. The number of methoxy groups -OCH3 is 1. The van der Waals surface area contributed by atoms with Crippen LogP contribution in [0.2, 0.25) is 0 Å². The average Bonchev–Trinajstić information content (AvgIpc) is 2.85. The molecule has 114 valence electrons. The summed E-state index contributed by atoms with van der Waals surface area (Å²) >= 11 is 5.22. The second-order valence-corrected chi connectivity index (χ2v) is 5.28. The highest BCUT2D eigenvalue weighted by Crippen LogP contribution is 2.15. The van der Waals surface area contributed by atoms with Crippen molar-refractivity contribution in [1.82, 2.24) is 19.3 Å². The molecule has 0 fully saturated rings. The Hall–Kier alpha value is -1.73. The first kappa shape index (κ1) is 15.7. The van der Waals surface area contributed by atoms with Crippen molar-refractivity contribution in [3.8, 4) is 11.4 Å². The van der Waals surface area contributed by atoms with Gasteiger partial charge < -0.3 is 9.30 Å². The molecule has 0 saturated heterocycles. The average molecular weight is 308 g/mol. The molecule has 0 amide bonds. The topological polar surface area (TPSA) is 64.8 Å².